The number of anilines is 1. The normalized spacial score (nSPS) is 19.0. The predicted octanol–water partition coefficient (Wildman–Crippen LogP) is 3.94. The smallest absolute Gasteiger partial charge is 0.326 e. The Morgan fingerprint density at radius 3 is 2.55 bits per heavy atom. The molecule has 8 heteroatoms. The molecule has 154 valence electrons. The number of rotatable bonds is 6. The number of aliphatic carboxylic acids is 1. The van der Waals surface area contributed by atoms with Crippen molar-refractivity contribution in [1.29, 1.82) is 0 Å². The fourth-order valence-electron chi connectivity index (χ4n) is 3.47. The van der Waals surface area contributed by atoms with Crippen molar-refractivity contribution in [3.8, 4) is 0 Å². The second-order valence-electron chi connectivity index (χ2n) is 7.17. The van der Waals surface area contributed by atoms with Crippen molar-refractivity contribution >= 4 is 40.8 Å². The number of carboxylic acids is 1. The first kappa shape index (κ1) is 21.4. The first-order valence-corrected chi connectivity index (χ1v) is 10.1. The lowest BCUT2D eigenvalue weighted by atomic mass is 9.92. The van der Waals surface area contributed by atoms with Gasteiger partial charge in [0.2, 0.25) is 5.91 Å². The van der Waals surface area contributed by atoms with E-state index in [0.717, 1.165) is 11.1 Å². The van der Waals surface area contributed by atoms with E-state index in [9.17, 15) is 14.7 Å². The third kappa shape index (κ3) is 5.01. The van der Waals surface area contributed by atoms with Gasteiger partial charge in [0, 0.05) is 33.8 Å². The SMILES string of the molecule is CNC(C)c1ccc(CC(=O)NC2CC(C(=O)O)Nc3cc(Cl)cc(Cl)c32)cc1. The van der Waals surface area contributed by atoms with Crippen molar-refractivity contribution in [1.82, 2.24) is 10.6 Å². The van der Waals surface area contributed by atoms with Crippen molar-refractivity contribution in [2.45, 2.75) is 37.9 Å². The van der Waals surface area contributed by atoms with Crippen LogP contribution in [0.25, 0.3) is 0 Å². The summed E-state index contributed by atoms with van der Waals surface area (Å²) < 4.78 is 0. The molecule has 0 radical (unpaired) electrons. The predicted molar refractivity (Wildman–Crippen MR) is 115 cm³/mol. The van der Waals surface area contributed by atoms with E-state index in [1.54, 1.807) is 12.1 Å². The summed E-state index contributed by atoms with van der Waals surface area (Å²) in [5, 5.41) is 19.3. The molecular weight excluding hydrogens is 413 g/mol. The van der Waals surface area contributed by atoms with E-state index in [0.29, 0.717) is 21.3 Å². The summed E-state index contributed by atoms with van der Waals surface area (Å²) in [6, 6.07) is 9.90. The summed E-state index contributed by atoms with van der Waals surface area (Å²) in [7, 11) is 1.89. The van der Waals surface area contributed by atoms with Gasteiger partial charge in [-0.3, -0.25) is 4.79 Å². The molecule has 1 aliphatic heterocycles. The van der Waals surface area contributed by atoms with Gasteiger partial charge in [-0.25, -0.2) is 4.79 Å². The highest BCUT2D eigenvalue weighted by Crippen LogP contribution is 2.39. The fraction of sp³-hybridized carbons (Fsp3) is 0.333. The summed E-state index contributed by atoms with van der Waals surface area (Å²) in [5.41, 5.74) is 3.19. The summed E-state index contributed by atoms with van der Waals surface area (Å²) in [6.45, 7) is 2.06. The Bertz CT molecular complexity index is 918. The molecule has 2 aromatic carbocycles. The van der Waals surface area contributed by atoms with Gasteiger partial charge in [0.25, 0.3) is 0 Å². The molecule has 0 saturated heterocycles. The summed E-state index contributed by atoms with van der Waals surface area (Å²) in [6.07, 6.45) is 0.379. The molecule has 6 nitrogen and oxygen atoms in total. The number of benzene rings is 2. The maximum absolute atomic E-state index is 12.7. The van der Waals surface area contributed by atoms with Crippen LogP contribution < -0.4 is 16.0 Å². The largest absolute Gasteiger partial charge is 0.480 e. The third-order valence-electron chi connectivity index (χ3n) is 5.15. The van der Waals surface area contributed by atoms with Crippen LogP contribution in [0.15, 0.2) is 36.4 Å². The van der Waals surface area contributed by atoms with Gasteiger partial charge in [-0.2, -0.15) is 0 Å². The Morgan fingerprint density at radius 2 is 1.93 bits per heavy atom. The average molecular weight is 436 g/mol. The molecule has 3 rings (SSSR count). The Hall–Kier alpha value is -2.28. The average Bonchev–Trinajstić information content (AvgIpc) is 2.66. The van der Waals surface area contributed by atoms with Crippen molar-refractivity contribution in [2.75, 3.05) is 12.4 Å². The molecule has 3 atom stereocenters. The molecule has 0 bridgehead atoms. The Balaban J connectivity index is 1.76. The second-order valence-corrected chi connectivity index (χ2v) is 8.01. The number of nitrogens with one attached hydrogen (secondary N) is 3. The minimum atomic E-state index is -1.000. The maximum atomic E-state index is 12.7. The van der Waals surface area contributed by atoms with Crippen molar-refractivity contribution in [2.24, 2.45) is 0 Å². The van der Waals surface area contributed by atoms with Crippen LogP contribution in [-0.2, 0) is 16.0 Å². The number of halogens is 2. The fourth-order valence-corrected chi connectivity index (χ4v) is 4.10. The van der Waals surface area contributed by atoms with Crippen LogP contribution in [0.1, 0.15) is 42.1 Å². The summed E-state index contributed by atoms with van der Waals surface area (Å²) in [5.74, 6) is -1.20. The van der Waals surface area contributed by atoms with E-state index in [2.05, 4.69) is 22.9 Å². The zero-order valence-corrected chi connectivity index (χ0v) is 17.6. The number of hydrogen-bond acceptors (Lipinski definition) is 4. The number of hydrogen-bond donors (Lipinski definition) is 4. The highest BCUT2D eigenvalue weighted by molar-refractivity contribution is 6.35. The quantitative estimate of drug-likeness (QED) is 0.551. The minimum absolute atomic E-state index is 0.189. The van der Waals surface area contributed by atoms with Gasteiger partial charge in [-0.1, -0.05) is 47.5 Å². The molecule has 1 aliphatic rings. The van der Waals surface area contributed by atoms with Gasteiger partial charge in [0.1, 0.15) is 6.04 Å². The van der Waals surface area contributed by atoms with E-state index in [-0.39, 0.29) is 24.8 Å². The molecular formula is C21H23Cl2N3O3. The third-order valence-corrected chi connectivity index (χ3v) is 5.69. The summed E-state index contributed by atoms with van der Waals surface area (Å²) >= 11 is 12.4. The number of carbonyl (C=O) groups is 2. The topological polar surface area (TPSA) is 90.5 Å². The number of amides is 1. The van der Waals surface area contributed by atoms with E-state index in [4.69, 9.17) is 23.2 Å². The Kier molecular flexibility index (Phi) is 6.67. The molecule has 0 aliphatic carbocycles. The second kappa shape index (κ2) is 9.03. The van der Waals surface area contributed by atoms with Crippen molar-refractivity contribution in [3.05, 3.63) is 63.1 Å². The molecule has 0 spiro atoms. The van der Waals surface area contributed by atoms with Crippen molar-refractivity contribution in [3.63, 3.8) is 0 Å². The number of carbonyl (C=O) groups excluding carboxylic acids is 1. The van der Waals surface area contributed by atoms with E-state index < -0.39 is 18.1 Å². The molecule has 0 aromatic heterocycles. The molecule has 3 unspecified atom stereocenters. The molecule has 29 heavy (non-hydrogen) atoms. The Morgan fingerprint density at radius 1 is 1.24 bits per heavy atom. The lowest BCUT2D eigenvalue weighted by Gasteiger charge is -2.32. The van der Waals surface area contributed by atoms with Crippen LogP contribution >= 0.6 is 23.2 Å². The zero-order valence-electron chi connectivity index (χ0n) is 16.1. The van der Waals surface area contributed by atoms with Gasteiger partial charge in [-0.05, 0) is 37.2 Å². The minimum Gasteiger partial charge on any atom is -0.480 e. The lowest BCUT2D eigenvalue weighted by molar-refractivity contribution is -0.138. The first-order chi connectivity index (χ1) is 13.8. The van der Waals surface area contributed by atoms with Crippen LogP contribution in [0.2, 0.25) is 10.0 Å². The van der Waals surface area contributed by atoms with Gasteiger partial charge in [-0.15, -0.1) is 0 Å². The Labute approximate surface area is 179 Å². The van der Waals surface area contributed by atoms with Crippen LogP contribution in [0.4, 0.5) is 5.69 Å². The molecule has 4 N–H and O–H groups in total. The molecule has 1 heterocycles. The van der Waals surface area contributed by atoms with E-state index in [1.165, 1.54) is 0 Å². The van der Waals surface area contributed by atoms with Crippen LogP contribution in [0, 0.1) is 0 Å². The van der Waals surface area contributed by atoms with Crippen LogP contribution in [0.5, 0.6) is 0 Å². The molecule has 1 amide bonds. The summed E-state index contributed by atoms with van der Waals surface area (Å²) in [4.78, 5) is 24.2. The van der Waals surface area contributed by atoms with Crippen LogP contribution in [0.3, 0.4) is 0 Å². The number of fused-ring (bicyclic) bond motifs is 1. The maximum Gasteiger partial charge on any atom is 0.326 e. The number of carboxylic acid groups (broad SMARTS) is 1. The monoisotopic (exact) mass is 435 g/mol. The highest BCUT2D eigenvalue weighted by Gasteiger charge is 2.33. The van der Waals surface area contributed by atoms with E-state index >= 15 is 0 Å². The zero-order chi connectivity index (χ0) is 21.1. The first-order valence-electron chi connectivity index (χ1n) is 9.32. The standard InChI is InChI=1S/C21H23Cl2N3O3/c1-11(24-2)13-5-3-12(4-6-13)7-19(27)26-17-10-18(21(28)29)25-16-9-14(22)8-15(23)20(16)17/h3-6,8-9,11,17-18,24-25H,7,10H2,1-2H3,(H,26,27)(H,28,29). The van der Waals surface area contributed by atoms with Gasteiger partial charge in [0.05, 0.1) is 12.5 Å². The van der Waals surface area contributed by atoms with Crippen LogP contribution in [-0.4, -0.2) is 30.1 Å². The van der Waals surface area contributed by atoms with Gasteiger partial charge < -0.3 is 21.1 Å². The van der Waals surface area contributed by atoms with E-state index in [1.807, 2.05) is 31.3 Å². The molecule has 2 aromatic rings. The molecule has 0 fully saturated rings. The van der Waals surface area contributed by atoms with Gasteiger partial charge >= 0.3 is 5.97 Å². The molecule has 0 saturated carbocycles. The van der Waals surface area contributed by atoms with Gasteiger partial charge in [0.15, 0.2) is 0 Å². The lowest BCUT2D eigenvalue weighted by Crippen LogP contribution is -2.41. The highest BCUT2D eigenvalue weighted by atomic mass is 35.5. The van der Waals surface area contributed by atoms with Crippen molar-refractivity contribution < 1.29 is 14.7 Å².